The number of allylic oxidation sites excluding steroid dienone is 4. The average molecular weight is 691 g/mol. The summed E-state index contributed by atoms with van der Waals surface area (Å²) in [5, 5.41) is 12.5. The largest absolute Gasteiger partial charge is 0.464 e. The summed E-state index contributed by atoms with van der Waals surface area (Å²) in [7, 11) is 0. The van der Waals surface area contributed by atoms with Crippen molar-refractivity contribution in [2.24, 2.45) is 0 Å². The molecule has 0 aliphatic carbocycles. The highest BCUT2D eigenvalue weighted by Crippen LogP contribution is 2.12. The lowest BCUT2D eigenvalue weighted by Crippen LogP contribution is -2.34. The Morgan fingerprint density at radius 1 is 0.531 bits per heavy atom. The number of hydrogen-bond acceptors (Lipinski definition) is 5. The molecule has 0 saturated heterocycles. The minimum atomic E-state index is -0.121. The molecule has 0 aromatic carbocycles. The molecule has 0 rings (SSSR count). The predicted molar refractivity (Wildman–Crippen MR) is 211 cm³/mol. The van der Waals surface area contributed by atoms with Gasteiger partial charge in [0.1, 0.15) is 6.61 Å². The van der Waals surface area contributed by atoms with Gasteiger partial charge in [0, 0.05) is 39.0 Å². The highest BCUT2D eigenvalue weighted by atomic mass is 16.5. The third kappa shape index (κ3) is 39.0. The molecule has 0 unspecified atom stereocenters. The van der Waals surface area contributed by atoms with Gasteiger partial charge in [-0.2, -0.15) is 0 Å². The molecule has 288 valence electrons. The van der Waals surface area contributed by atoms with Crippen molar-refractivity contribution in [3.05, 3.63) is 24.3 Å². The first-order chi connectivity index (χ1) is 24.1. The second-order valence-corrected chi connectivity index (χ2v) is 14.2. The molecule has 6 nitrogen and oxygen atoms in total. The van der Waals surface area contributed by atoms with Crippen LogP contribution >= 0.6 is 0 Å². The van der Waals surface area contributed by atoms with Gasteiger partial charge in [0.2, 0.25) is 5.91 Å². The molecule has 0 aromatic rings. The molecule has 6 heteroatoms. The van der Waals surface area contributed by atoms with Gasteiger partial charge in [0.25, 0.3) is 0 Å². The second kappa shape index (κ2) is 40.8. The summed E-state index contributed by atoms with van der Waals surface area (Å²) in [5.74, 6) is 0.0142. The van der Waals surface area contributed by atoms with Gasteiger partial charge >= 0.3 is 5.97 Å². The van der Waals surface area contributed by atoms with Crippen LogP contribution in [0.15, 0.2) is 24.3 Å². The van der Waals surface area contributed by atoms with E-state index in [0.29, 0.717) is 39.1 Å². The maximum Gasteiger partial charge on any atom is 0.305 e. The van der Waals surface area contributed by atoms with Crippen molar-refractivity contribution in [1.29, 1.82) is 0 Å². The van der Waals surface area contributed by atoms with E-state index in [1.807, 2.05) is 0 Å². The lowest BCUT2D eigenvalue weighted by molar-refractivity contribution is -0.144. The molecule has 0 heterocycles. The first kappa shape index (κ1) is 47.3. The van der Waals surface area contributed by atoms with Crippen LogP contribution in [-0.2, 0) is 14.3 Å². The lowest BCUT2D eigenvalue weighted by atomic mass is 10.1. The molecule has 0 saturated carbocycles. The first-order valence-electron chi connectivity index (χ1n) is 21.2. The highest BCUT2D eigenvalue weighted by Gasteiger charge is 2.08. The molecule has 0 aliphatic heterocycles. The number of nitrogens with zero attached hydrogens (tertiary/aromatic N) is 1. The molecule has 0 radical (unpaired) electrons. The van der Waals surface area contributed by atoms with Crippen molar-refractivity contribution < 1.29 is 19.4 Å². The topological polar surface area (TPSA) is 78.9 Å². The van der Waals surface area contributed by atoms with Crippen LogP contribution in [0, 0.1) is 0 Å². The van der Waals surface area contributed by atoms with E-state index in [0.717, 1.165) is 38.6 Å². The fourth-order valence-corrected chi connectivity index (χ4v) is 6.15. The van der Waals surface area contributed by atoms with E-state index >= 15 is 0 Å². The molecular formula is C43H82N2O4. The number of unbranched alkanes of at least 4 members (excludes halogenated alkanes) is 22. The van der Waals surface area contributed by atoms with E-state index in [1.54, 1.807) is 0 Å². The van der Waals surface area contributed by atoms with Gasteiger partial charge in [-0.25, -0.2) is 0 Å². The number of carbonyl (C=O) groups excluding carboxylic acids is 2. The Morgan fingerprint density at radius 3 is 1.43 bits per heavy atom. The van der Waals surface area contributed by atoms with Gasteiger partial charge in [-0.05, 0) is 70.6 Å². The average Bonchev–Trinajstić information content (AvgIpc) is 3.10. The van der Waals surface area contributed by atoms with Gasteiger partial charge in [-0.15, -0.1) is 0 Å². The van der Waals surface area contributed by atoms with Gasteiger partial charge in [0.05, 0.1) is 6.61 Å². The van der Waals surface area contributed by atoms with Crippen molar-refractivity contribution in [3.8, 4) is 0 Å². The Morgan fingerprint density at radius 2 is 0.959 bits per heavy atom. The zero-order valence-corrected chi connectivity index (χ0v) is 32.7. The van der Waals surface area contributed by atoms with Gasteiger partial charge in [0.15, 0.2) is 0 Å². The van der Waals surface area contributed by atoms with Crippen LogP contribution in [0.3, 0.4) is 0 Å². The number of nitrogens with one attached hydrogen (secondary N) is 1. The second-order valence-electron chi connectivity index (χ2n) is 14.2. The van der Waals surface area contributed by atoms with Crippen LogP contribution in [0.25, 0.3) is 0 Å². The first-order valence-corrected chi connectivity index (χ1v) is 21.2. The number of amides is 1. The zero-order valence-electron chi connectivity index (χ0n) is 32.7. The highest BCUT2D eigenvalue weighted by molar-refractivity contribution is 5.75. The third-order valence-corrected chi connectivity index (χ3v) is 9.37. The summed E-state index contributed by atoms with van der Waals surface area (Å²) in [6.07, 6.45) is 43.9. The van der Waals surface area contributed by atoms with Gasteiger partial charge in [-0.1, -0.05) is 141 Å². The third-order valence-electron chi connectivity index (χ3n) is 9.37. The summed E-state index contributed by atoms with van der Waals surface area (Å²) >= 11 is 0. The zero-order chi connectivity index (χ0) is 35.7. The predicted octanol–water partition coefficient (Wildman–Crippen LogP) is 11.4. The van der Waals surface area contributed by atoms with E-state index in [1.165, 1.54) is 141 Å². The molecule has 0 spiro atoms. The fraction of sp³-hybridized carbons (Fsp3) is 0.860. The Balaban J connectivity index is 3.61. The number of carbonyl (C=O) groups is 2. The number of esters is 1. The van der Waals surface area contributed by atoms with Crippen molar-refractivity contribution in [2.45, 2.75) is 200 Å². The van der Waals surface area contributed by atoms with Crippen molar-refractivity contribution in [3.63, 3.8) is 0 Å². The van der Waals surface area contributed by atoms with E-state index in [9.17, 15) is 14.7 Å². The van der Waals surface area contributed by atoms with E-state index in [2.05, 4.69) is 48.4 Å². The van der Waals surface area contributed by atoms with Crippen molar-refractivity contribution in [1.82, 2.24) is 10.2 Å². The van der Waals surface area contributed by atoms with E-state index in [4.69, 9.17) is 4.74 Å². The Bertz CT molecular complexity index is 754. The summed E-state index contributed by atoms with van der Waals surface area (Å²) in [4.78, 5) is 26.5. The Kier molecular flexibility index (Phi) is 39.4. The summed E-state index contributed by atoms with van der Waals surface area (Å²) < 4.78 is 5.46. The number of ether oxygens (including phenoxy) is 1. The summed E-state index contributed by atoms with van der Waals surface area (Å²) in [6, 6.07) is 0. The lowest BCUT2D eigenvalue weighted by Gasteiger charge is -2.21. The fourth-order valence-electron chi connectivity index (χ4n) is 6.15. The molecule has 49 heavy (non-hydrogen) atoms. The maximum atomic E-state index is 12.2. The standard InChI is InChI=1S/C43H82N2O4/c1-3-5-7-9-11-13-15-17-19-21-23-25-27-29-31-34-42(47)44-36-33-37-45(38-40-46)39-41-49-43(48)35-32-30-28-26-24-22-20-18-16-14-12-10-8-6-4-2/h17-20,46H,3-16,21-41H2,1-2H3,(H,44,47)/b19-17-,20-18-. The maximum absolute atomic E-state index is 12.2. The number of hydrogen-bond donors (Lipinski definition) is 2. The number of rotatable bonds is 39. The summed E-state index contributed by atoms with van der Waals surface area (Å²) in [6.45, 7) is 7.53. The van der Waals surface area contributed by atoms with Crippen molar-refractivity contribution >= 4 is 11.9 Å². The quantitative estimate of drug-likeness (QED) is 0.0381. The number of aliphatic hydroxyl groups excluding tert-OH is 1. The van der Waals surface area contributed by atoms with Gasteiger partial charge in [-0.3, -0.25) is 14.5 Å². The molecule has 1 amide bonds. The molecule has 0 atom stereocenters. The number of aliphatic hydroxyl groups is 1. The molecule has 0 fully saturated rings. The SMILES string of the molecule is CCCCCCCC/C=C\CCCCCCCC(=O)NCCCN(CCO)CCOC(=O)CCCCCCC/C=C\CCCCCCCC. The van der Waals surface area contributed by atoms with E-state index in [-0.39, 0.29) is 18.5 Å². The minimum absolute atomic E-state index is 0.0741. The Labute approximate surface area is 304 Å². The Hall–Kier alpha value is -1.66. The molecule has 0 aliphatic rings. The summed E-state index contributed by atoms with van der Waals surface area (Å²) in [5.41, 5.74) is 0. The van der Waals surface area contributed by atoms with Crippen LogP contribution in [-0.4, -0.2) is 61.3 Å². The molecule has 0 aromatic heterocycles. The van der Waals surface area contributed by atoms with Crippen molar-refractivity contribution in [2.75, 3.05) is 39.4 Å². The molecule has 2 N–H and O–H groups in total. The monoisotopic (exact) mass is 691 g/mol. The van der Waals surface area contributed by atoms with Crippen LogP contribution in [0.4, 0.5) is 0 Å². The smallest absolute Gasteiger partial charge is 0.305 e. The normalized spacial score (nSPS) is 11.8. The molecule has 0 bridgehead atoms. The minimum Gasteiger partial charge on any atom is -0.464 e. The van der Waals surface area contributed by atoms with E-state index < -0.39 is 0 Å². The van der Waals surface area contributed by atoms with Crippen LogP contribution in [0.5, 0.6) is 0 Å². The van der Waals surface area contributed by atoms with Crippen LogP contribution in [0.1, 0.15) is 200 Å². The van der Waals surface area contributed by atoms with Crippen LogP contribution < -0.4 is 5.32 Å². The van der Waals surface area contributed by atoms with Crippen LogP contribution in [0.2, 0.25) is 0 Å². The molecular weight excluding hydrogens is 608 g/mol. The van der Waals surface area contributed by atoms with Gasteiger partial charge < -0.3 is 15.2 Å².